The van der Waals surface area contributed by atoms with Gasteiger partial charge in [0.1, 0.15) is 17.7 Å². The zero-order valence-corrected chi connectivity index (χ0v) is 17.6. The van der Waals surface area contributed by atoms with E-state index in [9.17, 15) is 26.7 Å². The molecule has 4 heterocycles. The highest BCUT2D eigenvalue weighted by molar-refractivity contribution is 5.94. The number of nitrogens with zero attached hydrogens (tertiary/aromatic N) is 6. The molecule has 0 bridgehead atoms. The van der Waals surface area contributed by atoms with E-state index in [2.05, 4.69) is 20.1 Å². The van der Waals surface area contributed by atoms with Crippen LogP contribution in [0.25, 0.3) is 5.78 Å². The van der Waals surface area contributed by atoms with Gasteiger partial charge >= 0.3 is 6.18 Å². The first-order valence-electron chi connectivity index (χ1n) is 9.99. The highest BCUT2D eigenvalue weighted by Crippen LogP contribution is 2.35. The minimum absolute atomic E-state index is 0.00661. The second-order valence-corrected chi connectivity index (χ2v) is 7.78. The second-order valence-electron chi connectivity index (χ2n) is 7.78. The third kappa shape index (κ3) is 4.44. The Kier molecular flexibility index (Phi) is 5.89. The van der Waals surface area contributed by atoms with E-state index in [4.69, 9.17) is 4.74 Å². The van der Waals surface area contributed by atoms with Gasteiger partial charge in [-0.2, -0.15) is 23.3 Å². The van der Waals surface area contributed by atoms with E-state index in [0.717, 1.165) is 13.2 Å². The molecule has 176 valence electrons. The van der Waals surface area contributed by atoms with Gasteiger partial charge in [0, 0.05) is 30.6 Å². The average molecular weight is 470 g/mol. The number of carbonyl (C=O) groups is 1. The lowest BCUT2D eigenvalue weighted by Crippen LogP contribution is -2.42. The molecule has 0 spiro atoms. The Morgan fingerprint density at radius 2 is 1.97 bits per heavy atom. The van der Waals surface area contributed by atoms with Gasteiger partial charge in [0.15, 0.2) is 0 Å². The Morgan fingerprint density at radius 1 is 1.21 bits per heavy atom. The Labute approximate surface area is 184 Å². The fourth-order valence-electron chi connectivity index (χ4n) is 3.93. The van der Waals surface area contributed by atoms with E-state index in [0.29, 0.717) is 18.2 Å². The van der Waals surface area contributed by atoms with Gasteiger partial charge in [-0.1, -0.05) is 6.92 Å². The summed E-state index contributed by atoms with van der Waals surface area (Å²) in [4.78, 5) is 25.6. The lowest BCUT2D eigenvalue weighted by Gasteiger charge is -2.37. The Bertz CT molecular complexity index is 1180. The molecule has 0 aliphatic carbocycles. The summed E-state index contributed by atoms with van der Waals surface area (Å²) in [7, 11) is 1.16. The molecule has 1 aliphatic heterocycles. The van der Waals surface area contributed by atoms with E-state index in [1.165, 1.54) is 21.8 Å². The number of ether oxygens (including phenoxy) is 1. The molecule has 8 nitrogen and oxygen atoms in total. The number of amides is 1. The topological polar surface area (TPSA) is 85.5 Å². The van der Waals surface area contributed by atoms with Crippen molar-refractivity contribution in [3.63, 3.8) is 0 Å². The molecular weight excluding hydrogens is 451 g/mol. The van der Waals surface area contributed by atoms with Crippen molar-refractivity contribution >= 4 is 11.7 Å². The first kappa shape index (κ1) is 22.8. The lowest BCUT2D eigenvalue weighted by atomic mass is 9.84. The number of piperidine rings is 1. The van der Waals surface area contributed by atoms with Crippen LogP contribution >= 0.6 is 0 Å². The number of hydrogen-bond donors (Lipinski definition) is 0. The molecule has 33 heavy (non-hydrogen) atoms. The zero-order chi connectivity index (χ0) is 23.9. The Morgan fingerprint density at radius 3 is 2.64 bits per heavy atom. The molecule has 1 saturated heterocycles. The summed E-state index contributed by atoms with van der Waals surface area (Å²) in [5, 5.41) is 4.06. The largest absolute Gasteiger partial charge is 0.481 e. The van der Waals surface area contributed by atoms with Gasteiger partial charge in [0.25, 0.3) is 18.1 Å². The van der Waals surface area contributed by atoms with Gasteiger partial charge < -0.3 is 9.64 Å². The first-order chi connectivity index (χ1) is 15.6. The number of aromatic nitrogens is 5. The van der Waals surface area contributed by atoms with Crippen molar-refractivity contribution in [2.45, 2.75) is 31.9 Å². The van der Waals surface area contributed by atoms with Crippen LogP contribution in [0.5, 0.6) is 5.88 Å². The SMILES string of the molecule is COc1cc(C(=O)N2CC[C@@H](C)[C@H](c3cc(C(F)F)nc4ncnn34)C2)cc(C(F)(F)F)n1. The summed E-state index contributed by atoms with van der Waals surface area (Å²) in [6, 6.07) is 3.05. The molecule has 0 saturated carbocycles. The van der Waals surface area contributed by atoms with Crippen molar-refractivity contribution in [2.75, 3.05) is 20.2 Å². The standard InChI is InChI=1S/C20H19F5N6O2/c1-10-3-4-30(18(32)11-5-15(20(23,24)25)29-16(6-11)33-2)8-12(10)14-7-13(17(21)22)28-19-26-9-27-31(14)19/h5-7,9-10,12,17H,3-4,8H2,1-2H3/t10-,12-/m1/s1. The highest BCUT2D eigenvalue weighted by Gasteiger charge is 2.36. The van der Waals surface area contributed by atoms with Crippen LogP contribution in [0.3, 0.4) is 0 Å². The van der Waals surface area contributed by atoms with E-state index in [1.54, 1.807) is 0 Å². The molecule has 0 radical (unpaired) electrons. The molecule has 2 atom stereocenters. The number of hydrogen-bond acceptors (Lipinski definition) is 6. The molecule has 1 aliphatic rings. The maximum atomic E-state index is 13.4. The number of alkyl halides is 5. The smallest absolute Gasteiger partial charge is 0.433 e. The molecule has 3 aromatic rings. The van der Waals surface area contributed by atoms with Gasteiger partial charge in [-0.15, -0.1) is 0 Å². The Hall–Kier alpha value is -3.38. The van der Waals surface area contributed by atoms with Crippen LogP contribution in [0, 0.1) is 5.92 Å². The summed E-state index contributed by atoms with van der Waals surface area (Å²) in [5.74, 6) is -1.41. The maximum Gasteiger partial charge on any atom is 0.433 e. The monoisotopic (exact) mass is 470 g/mol. The summed E-state index contributed by atoms with van der Waals surface area (Å²) in [5.41, 5.74) is -1.53. The minimum atomic E-state index is -4.76. The molecule has 0 aromatic carbocycles. The van der Waals surface area contributed by atoms with Gasteiger partial charge in [0.2, 0.25) is 5.88 Å². The van der Waals surface area contributed by atoms with Crippen LogP contribution in [-0.2, 0) is 6.18 Å². The molecule has 1 amide bonds. The molecular formula is C20H19F5N6O2. The van der Waals surface area contributed by atoms with E-state index >= 15 is 0 Å². The van der Waals surface area contributed by atoms with Crippen molar-refractivity contribution in [3.05, 3.63) is 47.2 Å². The van der Waals surface area contributed by atoms with Crippen LogP contribution in [0.4, 0.5) is 22.0 Å². The molecule has 13 heteroatoms. The van der Waals surface area contributed by atoms with Crippen LogP contribution in [-0.4, -0.2) is 55.6 Å². The third-order valence-corrected chi connectivity index (χ3v) is 5.70. The molecule has 1 fully saturated rings. The summed E-state index contributed by atoms with van der Waals surface area (Å²) >= 11 is 0. The number of likely N-dealkylation sites (tertiary alicyclic amines) is 1. The second kappa shape index (κ2) is 8.52. The predicted molar refractivity (Wildman–Crippen MR) is 104 cm³/mol. The summed E-state index contributed by atoms with van der Waals surface area (Å²) < 4.78 is 72.6. The van der Waals surface area contributed by atoms with Crippen molar-refractivity contribution < 1.29 is 31.5 Å². The van der Waals surface area contributed by atoms with Gasteiger partial charge in [0.05, 0.1) is 12.8 Å². The fourth-order valence-corrected chi connectivity index (χ4v) is 3.93. The van der Waals surface area contributed by atoms with Crippen LogP contribution < -0.4 is 4.74 Å². The quantitative estimate of drug-likeness (QED) is 0.540. The van der Waals surface area contributed by atoms with Crippen LogP contribution in [0.1, 0.15) is 53.1 Å². The van der Waals surface area contributed by atoms with Gasteiger partial charge in [-0.3, -0.25) is 4.79 Å². The lowest BCUT2D eigenvalue weighted by molar-refractivity contribution is -0.141. The predicted octanol–water partition coefficient (Wildman–Crippen LogP) is 3.75. The first-order valence-corrected chi connectivity index (χ1v) is 9.99. The molecule has 3 aromatic heterocycles. The number of halogens is 5. The van der Waals surface area contributed by atoms with Crippen molar-refractivity contribution in [1.29, 1.82) is 0 Å². The number of rotatable bonds is 4. The number of carbonyl (C=O) groups excluding carboxylic acids is 1. The third-order valence-electron chi connectivity index (χ3n) is 5.70. The average Bonchev–Trinajstić information content (AvgIpc) is 3.26. The highest BCUT2D eigenvalue weighted by atomic mass is 19.4. The van der Waals surface area contributed by atoms with E-state index < -0.39 is 35.8 Å². The van der Waals surface area contributed by atoms with Crippen LogP contribution in [0.2, 0.25) is 0 Å². The number of methoxy groups -OCH3 is 1. The van der Waals surface area contributed by atoms with E-state index in [1.807, 2.05) is 6.92 Å². The fraction of sp³-hybridized carbons (Fsp3) is 0.450. The molecule has 0 N–H and O–H groups in total. The van der Waals surface area contributed by atoms with Crippen LogP contribution in [0.15, 0.2) is 24.5 Å². The number of pyridine rings is 1. The minimum Gasteiger partial charge on any atom is -0.481 e. The maximum absolute atomic E-state index is 13.4. The van der Waals surface area contributed by atoms with Gasteiger partial charge in [-0.25, -0.2) is 23.3 Å². The van der Waals surface area contributed by atoms with Gasteiger partial charge in [-0.05, 0) is 24.5 Å². The van der Waals surface area contributed by atoms with E-state index in [-0.39, 0.29) is 36.2 Å². The molecule has 0 unspecified atom stereocenters. The van der Waals surface area contributed by atoms with Crippen molar-refractivity contribution in [2.24, 2.45) is 5.92 Å². The molecule has 4 rings (SSSR count). The Balaban J connectivity index is 1.69. The number of fused-ring (bicyclic) bond motifs is 1. The summed E-state index contributed by atoms with van der Waals surface area (Å²) in [6.45, 7) is 2.29. The summed E-state index contributed by atoms with van der Waals surface area (Å²) in [6.07, 6.45) is -5.89. The normalized spacial score (nSPS) is 19.3. The zero-order valence-electron chi connectivity index (χ0n) is 17.6. The van der Waals surface area contributed by atoms with Crippen molar-refractivity contribution in [1.82, 2.24) is 29.5 Å². The van der Waals surface area contributed by atoms with Crippen molar-refractivity contribution in [3.8, 4) is 5.88 Å².